The van der Waals surface area contributed by atoms with Gasteiger partial charge in [0, 0.05) is 24.8 Å². The topological polar surface area (TPSA) is 29.9 Å². The molecule has 0 aromatic carbocycles. The minimum Gasteiger partial charge on any atom is -0.312 e. The molecule has 0 saturated heterocycles. The van der Waals surface area contributed by atoms with Crippen LogP contribution >= 0.6 is 0 Å². The van der Waals surface area contributed by atoms with E-state index in [1.54, 1.807) is 0 Å². The molecule has 1 aromatic rings. The van der Waals surface area contributed by atoms with Crippen LogP contribution in [0.5, 0.6) is 0 Å². The summed E-state index contributed by atoms with van der Waals surface area (Å²) < 4.78 is 1.95. The second-order valence-electron chi connectivity index (χ2n) is 5.94. The summed E-state index contributed by atoms with van der Waals surface area (Å²) in [6, 6.07) is 0. The maximum Gasteiger partial charge on any atom is 0.0537 e. The van der Waals surface area contributed by atoms with Gasteiger partial charge in [-0.25, -0.2) is 0 Å². The molecule has 1 aromatic heterocycles. The van der Waals surface area contributed by atoms with Crippen molar-refractivity contribution >= 4 is 0 Å². The van der Waals surface area contributed by atoms with Crippen molar-refractivity contribution in [2.75, 3.05) is 6.54 Å². The third-order valence-electron chi connectivity index (χ3n) is 4.94. The second-order valence-corrected chi connectivity index (χ2v) is 5.94. The number of hydrogen-bond acceptors (Lipinski definition) is 2. The van der Waals surface area contributed by atoms with E-state index < -0.39 is 0 Å². The molecule has 1 heterocycles. The molecule has 3 atom stereocenters. The van der Waals surface area contributed by atoms with Crippen LogP contribution in [-0.4, -0.2) is 16.3 Å². The first-order valence-electron chi connectivity index (χ1n) is 6.92. The van der Waals surface area contributed by atoms with Crippen LogP contribution in [0.3, 0.4) is 0 Å². The van der Waals surface area contributed by atoms with Crippen LogP contribution in [0.4, 0.5) is 0 Å². The summed E-state index contributed by atoms with van der Waals surface area (Å²) in [7, 11) is 2.01. The molecule has 0 amide bonds. The molecule has 94 valence electrons. The minimum absolute atomic E-state index is 0.950. The lowest BCUT2D eigenvalue weighted by molar-refractivity contribution is 0.318. The number of nitrogens with one attached hydrogen (secondary N) is 1. The molecular formula is C14H23N3. The minimum atomic E-state index is 0.950. The van der Waals surface area contributed by atoms with E-state index in [2.05, 4.69) is 17.3 Å². The number of fused-ring (bicyclic) bond motifs is 2. The summed E-state index contributed by atoms with van der Waals surface area (Å²) >= 11 is 0. The zero-order valence-electron chi connectivity index (χ0n) is 10.9. The molecule has 2 aliphatic carbocycles. The Bertz CT molecular complexity index is 396. The summed E-state index contributed by atoms with van der Waals surface area (Å²) in [4.78, 5) is 0. The van der Waals surface area contributed by atoms with Crippen molar-refractivity contribution in [3.63, 3.8) is 0 Å². The van der Waals surface area contributed by atoms with Crippen molar-refractivity contribution in [1.82, 2.24) is 15.1 Å². The van der Waals surface area contributed by atoms with Gasteiger partial charge in [0.25, 0.3) is 0 Å². The number of hydrogen-bond donors (Lipinski definition) is 1. The smallest absolute Gasteiger partial charge is 0.0537 e. The summed E-state index contributed by atoms with van der Waals surface area (Å²) in [6.07, 6.45) is 7.97. The maximum absolute atomic E-state index is 4.28. The highest BCUT2D eigenvalue weighted by Crippen LogP contribution is 2.47. The quantitative estimate of drug-likeness (QED) is 0.864. The van der Waals surface area contributed by atoms with E-state index in [0.717, 1.165) is 24.3 Å². The Kier molecular flexibility index (Phi) is 2.95. The summed E-state index contributed by atoms with van der Waals surface area (Å²) in [5.41, 5.74) is 2.63. The maximum atomic E-state index is 4.28. The van der Waals surface area contributed by atoms with Gasteiger partial charge in [0.2, 0.25) is 0 Å². The molecule has 0 spiro atoms. The molecule has 3 heteroatoms. The van der Waals surface area contributed by atoms with E-state index in [0.29, 0.717) is 0 Å². The highest BCUT2D eigenvalue weighted by Gasteiger charge is 2.38. The predicted octanol–water partition coefficient (Wildman–Crippen LogP) is 2.25. The van der Waals surface area contributed by atoms with Crippen LogP contribution in [0.15, 0.2) is 6.20 Å². The van der Waals surface area contributed by atoms with Gasteiger partial charge in [0.05, 0.1) is 6.20 Å². The van der Waals surface area contributed by atoms with E-state index in [1.807, 2.05) is 17.9 Å². The first-order valence-corrected chi connectivity index (χ1v) is 6.92. The fraction of sp³-hybridized carbons (Fsp3) is 0.786. The Labute approximate surface area is 104 Å². The van der Waals surface area contributed by atoms with Crippen molar-refractivity contribution in [3.8, 4) is 0 Å². The molecule has 2 aliphatic rings. The van der Waals surface area contributed by atoms with Crippen LogP contribution < -0.4 is 5.32 Å². The average molecular weight is 233 g/mol. The van der Waals surface area contributed by atoms with Crippen LogP contribution in [-0.2, 0) is 13.6 Å². The number of aromatic nitrogens is 2. The van der Waals surface area contributed by atoms with E-state index in [4.69, 9.17) is 0 Å². The monoisotopic (exact) mass is 233 g/mol. The first-order chi connectivity index (χ1) is 8.24. The van der Waals surface area contributed by atoms with Gasteiger partial charge >= 0.3 is 0 Å². The van der Waals surface area contributed by atoms with Gasteiger partial charge in [-0.05, 0) is 50.5 Å². The number of aryl methyl sites for hydroxylation is 1. The third kappa shape index (κ3) is 2.13. The standard InChI is InChI=1S/C14H23N3/c1-10-14(9-16-17(10)2)8-15-7-13-6-11-3-4-12(13)5-11/h9,11-13,15H,3-8H2,1-2H3. The highest BCUT2D eigenvalue weighted by atomic mass is 15.3. The molecule has 0 aliphatic heterocycles. The molecule has 3 nitrogen and oxygen atoms in total. The lowest BCUT2D eigenvalue weighted by atomic mass is 9.89. The molecule has 3 unspecified atom stereocenters. The number of rotatable bonds is 4. The van der Waals surface area contributed by atoms with Crippen LogP contribution in [0, 0.1) is 24.7 Å². The van der Waals surface area contributed by atoms with Gasteiger partial charge in [-0.1, -0.05) is 6.42 Å². The van der Waals surface area contributed by atoms with Crippen molar-refractivity contribution in [3.05, 3.63) is 17.5 Å². The molecular weight excluding hydrogens is 210 g/mol. The van der Waals surface area contributed by atoms with Gasteiger partial charge in [-0.3, -0.25) is 4.68 Å². The van der Waals surface area contributed by atoms with Gasteiger partial charge in [-0.15, -0.1) is 0 Å². The molecule has 2 fully saturated rings. The van der Waals surface area contributed by atoms with Crippen LogP contribution in [0.25, 0.3) is 0 Å². The molecule has 1 N–H and O–H groups in total. The van der Waals surface area contributed by atoms with Gasteiger partial charge < -0.3 is 5.32 Å². The van der Waals surface area contributed by atoms with Crippen LogP contribution in [0.2, 0.25) is 0 Å². The van der Waals surface area contributed by atoms with Gasteiger partial charge in [-0.2, -0.15) is 5.10 Å². The third-order valence-corrected chi connectivity index (χ3v) is 4.94. The van der Waals surface area contributed by atoms with E-state index in [9.17, 15) is 0 Å². The fourth-order valence-electron chi connectivity index (χ4n) is 3.74. The van der Waals surface area contributed by atoms with Gasteiger partial charge in [0.15, 0.2) is 0 Å². The zero-order chi connectivity index (χ0) is 11.8. The molecule has 17 heavy (non-hydrogen) atoms. The van der Waals surface area contributed by atoms with Crippen molar-refractivity contribution in [1.29, 1.82) is 0 Å². The van der Waals surface area contributed by atoms with E-state index >= 15 is 0 Å². The van der Waals surface area contributed by atoms with E-state index in [1.165, 1.54) is 43.5 Å². The normalized spacial score (nSPS) is 31.3. The zero-order valence-corrected chi connectivity index (χ0v) is 10.9. The Balaban J connectivity index is 1.48. The highest BCUT2D eigenvalue weighted by molar-refractivity contribution is 5.15. The Morgan fingerprint density at radius 3 is 2.88 bits per heavy atom. The number of nitrogens with zero attached hydrogens (tertiary/aromatic N) is 2. The van der Waals surface area contributed by atoms with Crippen molar-refractivity contribution in [2.45, 2.75) is 39.2 Å². The lowest BCUT2D eigenvalue weighted by Crippen LogP contribution is -2.26. The Morgan fingerprint density at radius 1 is 1.41 bits per heavy atom. The fourth-order valence-corrected chi connectivity index (χ4v) is 3.74. The average Bonchev–Trinajstić information content (AvgIpc) is 3.00. The summed E-state index contributed by atoms with van der Waals surface area (Å²) in [5.74, 6) is 3.04. The summed E-state index contributed by atoms with van der Waals surface area (Å²) in [6.45, 7) is 4.32. The Morgan fingerprint density at radius 2 is 2.29 bits per heavy atom. The predicted molar refractivity (Wildman–Crippen MR) is 68.6 cm³/mol. The van der Waals surface area contributed by atoms with Crippen molar-refractivity contribution in [2.24, 2.45) is 24.8 Å². The lowest BCUT2D eigenvalue weighted by Gasteiger charge is -2.21. The summed E-state index contributed by atoms with van der Waals surface area (Å²) in [5, 5.41) is 7.91. The van der Waals surface area contributed by atoms with Crippen molar-refractivity contribution < 1.29 is 0 Å². The molecule has 3 rings (SSSR count). The Hall–Kier alpha value is -0.830. The second kappa shape index (κ2) is 4.45. The van der Waals surface area contributed by atoms with Crippen LogP contribution in [0.1, 0.15) is 36.9 Å². The largest absolute Gasteiger partial charge is 0.312 e. The first kappa shape index (κ1) is 11.3. The van der Waals surface area contributed by atoms with E-state index in [-0.39, 0.29) is 0 Å². The molecule has 2 bridgehead atoms. The molecule has 0 radical (unpaired) electrons. The SMILES string of the molecule is Cc1c(CNCC2CC3CCC2C3)cnn1C. The van der Waals surface area contributed by atoms with Gasteiger partial charge in [0.1, 0.15) is 0 Å². The molecule has 2 saturated carbocycles.